The molecule has 49 heavy (non-hydrogen) atoms. The second-order valence-corrected chi connectivity index (χ2v) is 13.8. The lowest BCUT2D eigenvalue weighted by atomic mass is 9.82. The molecule has 2 heteroatoms. The van der Waals surface area contributed by atoms with Crippen LogP contribution in [0, 0.1) is 0 Å². The van der Waals surface area contributed by atoms with Gasteiger partial charge in [0.05, 0.1) is 11.1 Å². The molecule has 0 spiro atoms. The fourth-order valence-corrected chi connectivity index (χ4v) is 8.24. The van der Waals surface area contributed by atoms with E-state index in [0.717, 1.165) is 39.0 Å². The Morgan fingerprint density at radius 3 is 2.02 bits per heavy atom. The summed E-state index contributed by atoms with van der Waals surface area (Å²) in [4.78, 5) is 2.43. The van der Waals surface area contributed by atoms with Crippen LogP contribution in [0.15, 0.2) is 168 Å². The van der Waals surface area contributed by atoms with Gasteiger partial charge in [0.15, 0.2) is 0 Å². The molecule has 0 saturated heterocycles. The van der Waals surface area contributed by atoms with E-state index in [1.165, 1.54) is 54.9 Å². The maximum Gasteiger partial charge on any atom is 0.137 e. The number of anilines is 3. The molecule has 0 amide bonds. The van der Waals surface area contributed by atoms with Crippen molar-refractivity contribution in [3.05, 3.63) is 175 Å². The van der Waals surface area contributed by atoms with E-state index in [1.807, 2.05) is 0 Å². The molecule has 0 aliphatic heterocycles. The molecule has 2 nitrogen and oxygen atoms in total. The zero-order valence-electron chi connectivity index (χ0n) is 27.4. The molecular formula is C47H33NO. The Morgan fingerprint density at radius 2 is 1.12 bits per heavy atom. The van der Waals surface area contributed by atoms with E-state index in [0.29, 0.717) is 0 Å². The lowest BCUT2D eigenvalue weighted by Crippen LogP contribution is -2.15. The smallest absolute Gasteiger partial charge is 0.137 e. The second-order valence-electron chi connectivity index (χ2n) is 13.8. The largest absolute Gasteiger partial charge is 0.456 e. The third-order valence-corrected chi connectivity index (χ3v) is 10.6. The van der Waals surface area contributed by atoms with E-state index in [-0.39, 0.29) is 5.41 Å². The Morgan fingerprint density at radius 1 is 0.449 bits per heavy atom. The van der Waals surface area contributed by atoms with Crippen molar-refractivity contribution in [1.82, 2.24) is 0 Å². The summed E-state index contributed by atoms with van der Waals surface area (Å²) >= 11 is 0. The second kappa shape index (κ2) is 10.4. The van der Waals surface area contributed by atoms with Crippen molar-refractivity contribution < 1.29 is 4.42 Å². The summed E-state index contributed by atoms with van der Waals surface area (Å²) in [5, 5.41) is 7.10. The SMILES string of the molecule is CC1(C)c2ccccc2-c2cc(N(c3cccc(-c4cccc5ccccc45)c3)c3cccc4oc5cc6ccccc6cc5c34)ccc21. The highest BCUT2D eigenvalue weighted by molar-refractivity contribution is 6.16. The molecular weight excluding hydrogens is 595 g/mol. The Labute approximate surface area is 285 Å². The van der Waals surface area contributed by atoms with Gasteiger partial charge in [0.2, 0.25) is 0 Å². The van der Waals surface area contributed by atoms with Gasteiger partial charge in [0.25, 0.3) is 0 Å². The van der Waals surface area contributed by atoms with Crippen LogP contribution in [0.4, 0.5) is 17.1 Å². The topological polar surface area (TPSA) is 16.4 Å². The molecule has 0 N–H and O–H groups in total. The molecule has 0 unspecified atom stereocenters. The number of fused-ring (bicyclic) bond motifs is 8. The van der Waals surface area contributed by atoms with Crippen molar-refractivity contribution in [2.45, 2.75) is 19.3 Å². The van der Waals surface area contributed by atoms with Crippen LogP contribution in [0.3, 0.4) is 0 Å². The van der Waals surface area contributed by atoms with E-state index in [2.05, 4.69) is 183 Å². The van der Waals surface area contributed by atoms with Gasteiger partial charge in [-0.25, -0.2) is 0 Å². The van der Waals surface area contributed by atoms with Gasteiger partial charge >= 0.3 is 0 Å². The van der Waals surface area contributed by atoms with Crippen LogP contribution in [0.5, 0.6) is 0 Å². The van der Waals surface area contributed by atoms with Crippen molar-refractivity contribution in [1.29, 1.82) is 0 Å². The van der Waals surface area contributed by atoms with Crippen LogP contribution in [-0.2, 0) is 5.41 Å². The molecule has 0 bridgehead atoms. The maximum absolute atomic E-state index is 6.59. The van der Waals surface area contributed by atoms with Crippen molar-refractivity contribution in [3.63, 3.8) is 0 Å². The minimum absolute atomic E-state index is 0.0641. The molecule has 0 saturated carbocycles. The molecule has 232 valence electrons. The molecule has 0 fully saturated rings. The molecule has 0 radical (unpaired) electrons. The minimum Gasteiger partial charge on any atom is -0.456 e. The van der Waals surface area contributed by atoms with Gasteiger partial charge in [-0.1, -0.05) is 129 Å². The van der Waals surface area contributed by atoms with Gasteiger partial charge in [-0.15, -0.1) is 0 Å². The van der Waals surface area contributed by atoms with E-state index in [1.54, 1.807) is 0 Å². The van der Waals surface area contributed by atoms with E-state index >= 15 is 0 Å². The summed E-state index contributed by atoms with van der Waals surface area (Å²) in [5.74, 6) is 0. The molecule has 0 atom stereocenters. The highest BCUT2D eigenvalue weighted by Gasteiger charge is 2.35. The highest BCUT2D eigenvalue weighted by Crippen LogP contribution is 2.51. The predicted molar refractivity (Wildman–Crippen MR) is 206 cm³/mol. The summed E-state index contributed by atoms with van der Waals surface area (Å²) in [6, 6.07) is 59.5. The Balaban J connectivity index is 1.25. The monoisotopic (exact) mass is 627 g/mol. The standard InChI is InChI=1S/C47H33NO/c1-47(2)41-21-8-7-19-38(41)39-29-35(24-25-42(39)47)48(34-17-9-16-33(26-34)37-20-10-15-30-12-5-6-18-36(30)37)43-22-11-23-44-46(43)40-27-31-13-3-4-14-32(31)28-45(40)49-44/h3-29H,1-2H3. The van der Waals surface area contributed by atoms with Crippen molar-refractivity contribution in [2.75, 3.05) is 4.90 Å². The summed E-state index contributed by atoms with van der Waals surface area (Å²) in [5.41, 5.74) is 12.8. The Bertz CT molecular complexity index is 2760. The molecule has 10 rings (SSSR count). The number of rotatable bonds is 4. The Hall–Kier alpha value is -6.12. The van der Waals surface area contributed by atoms with Gasteiger partial charge in [-0.05, 0) is 103 Å². The first-order valence-electron chi connectivity index (χ1n) is 17.0. The summed E-state index contributed by atoms with van der Waals surface area (Å²) < 4.78 is 6.59. The van der Waals surface area contributed by atoms with Crippen molar-refractivity contribution in [3.8, 4) is 22.3 Å². The number of hydrogen-bond acceptors (Lipinski definition) is 2. The minimum atomic E-state index is -0.0641. The normalized spacial score (nSPS) is 13.3. The van der Waals surface area contributed by atoms with Crippen LogP contribution >= 0.6 is 0 Å². The zero-order chi connectivity index (χ0) is 32.7. The zero-order valence-corrected chi connectivity index (χ0v) is 27.4. The predicted octanol–water partition coefficient (Wildman–Crippen LogP) is 13.3. The van der Waals surface area contributed by atoms with Crippen LogP contribution in [0.2, 0.25) is 0 Å². The van der Waals surface area contributed by atoms with E-state index in [4.69, 9.17) is 4.42 Å². The van der Waals surface area contributed by atoms with Crippen LogP contribution in [0.25, 0.3) is 65.7 Å². The van der Waals surface area contributed by atoms with Gasteiger partial charge in [-0.3, -0.25) is 0 Å². The molecule has 1 aliphatic rings. The number of nitrogens with zero attached hydrogens (tertiary/aromatic N) is 1. The molecule has 1 heterocycles. The lowest BCUT2D eigenvalue weighted by Gasteiger charge is -2.28. The summed E-state index contributed by atoms with van der Waals surface area (Å²) in [7, 11) is 0. The molecule has 1 aliphatic carbocycles. The van der Waals surface area contributed by atoms with E-state index < -0.39 is 0 Å². The molecule has 9 aromatic rings. The first-order chi connectivity index (χ1) is 24.0. The van der Waals surface area contributed by atoms with Gasteiger partial charge in [-0.2, -0.15) is 0 Å². The van der Waals surface area contributed by atoms with Gasteiger partial charge in [0, 0.05) is 22.2 Å². The number of benzene rings is 8. The van der Waals surface area contributed by atoms with Crippen LogP contribution < -0.4 is 4.90 Å². The maximum atomic E-state index is 6.59. The first-order valence-corrected chi connectivity index (χ1v) is 17.0. The fourth-order valence-electron chi connectivity index (χ4n) is 8.24. The molecule has 8 aromatic carbocycles. The third kappa shape index (κ3) is 4.20. The average molecular weight is 628 g/mol. The average Bonchev–Trinajstić information content (AvgIpc) is 3.62. The van der Waals surface area contributed by atoms with Gasteiger partial charge in [0.1, 0.15) is 11.2 Å². The highest BCUT2D eigenvalue weighted by atomic mass is 16.3. The quantitative estimate of drug-likeness (QED) is 0.193. The summed E-state index contributed by atoms with van der Waals surface area (Å²) in [6.45, 7) is 4.68. The van der Waals surface area contributed by atoms with Crippen molar-refractivity contribution >= 4 is 60.5 Å². The lowest BCUT2D eigenvalue weighted by molar-refractivity contribution is 0.660. The van der Waals surface area contributed by atoms with Gasteiger partial charge < -0.3 is 9.32 Å². The number of furan rings is 1. The van der Waals surface area contributed by atoms with Crippen LogP contribution in [0.1, 0.15) is 25.0 Å². The fraction of sp³-hybridized carbons (Fsp3) is 0.0638. The van der Waals surface area contributed by atoms with Crippen LogP contribution in [-0.4, -0.2) is 0 Å². The number of hydrogen-bond donors (Lipinski definition) is 0. The summed E-state index contributed by atoms with van der Waals surface area (Å²) in [6.07, 6.45) is 0. The third-order valence-electron chi connectivity index (χ3n) is 10.6. The van der Waals surface area contributed by atoms with Crippen molar-refractivity contribution in [2.24, 2.45) is 0 Å². The first kappa shape index (κ1) is 27.9. The van der Waals surface area contributed by atoms with E-state index in [9.17, 15) is 0 Å². The Kier molecular flexibility index (Phi) is 5.95. The molecule has 1 aromatic heterocycles.